The van der Waals surface area contributed by atoms with E-state index < -0.39 is 0 Å². The summed E-state index contributed by atoms with van der Waals surface area (Å²) in [6.45, 7) is 9.20. The molecule has 1 N–H and O–H groups in total. The largest absolute Gasteiger partial charge is 0.372 e. The molecule has 5 heteroatoms. The van der Waals surface area contributed by atoms with Gasteiger partial charge in [0.05, 0.1) is 12.2 Å². The third kappa shape index (κ3) is 4.57. The second-order valence-electron chi connectivity index (χ2n) is 6.55. The molecule has 2 rings (SSSR count). The van der Waals surface area contributed by atoms with Gasteiger partial charge < -0.3 is 15.0 Å². The molecule has 1 aliphatic heterocycles. The Kier molecular flexibility index (Phi) is 6.37. The molecule has 1 aliphatic rings. The quantitative estimate of drug-likeness (QED) is 0.900. The lowest BCUT2D eigenvalue weighted by Gasteiger charge is -2.35. The Labute approximate surface area is 144 Å². The Morgan fingerprint density at radius 1 is 1.12 bits per heavy atom. The maximum absolute atomic E-state index is 12.6. The van der Waals surface area contributed by atoms with Crippen LogP contribution in [0.4, 0.5) is 5.69 Å². The van der Waals surface area contributed by atoms with E-state index in [1.807, 2.05) is 32.6 Å². The standard InChI is InChI=1S/C19H28N2O3/c1-5-15(6-2)18(22)20-17-9-7-16(8-10-17)19(23)21-11-13(3)24-14(4)12-21/h7-10,13-15H,5-6,11-12H2,1-4H3,(H,20,22). The zero-order valence-corrected chi connectivity index (χ0v) is 15.0. The summed E-state index contributed by atoms with van der Waals surface area (Å²) in [6, 6.07) is 7.13. The number of ether oxygens (including phenoxy) is 1. The van der Waals surface area contributed by atoms with Crippen molar-refractivity contribution in [3.8, 4) is 0 Å². The van der Waals surface area contributed by atoms with Crippen molar-refractivity contribution >= 4 is 17.5 Å². The number of anilines is 1. The number of carbonyl (C=O) groups excluding carboxylic acids is 2. The van der Waals surface area contributed by atoms with E-state index in [1.165, 1.54) is 0 Å². The Morgan fingerprint density at radius 2 is 1.67 bits per heavy atom. The van der Waals surface area contributed by atoms with Crippen LogP contribution in [0.5, 0.6) is 0 Å². The van der Waals surface area contributed by atoms with Crippen LogP contribution in [0.25, 0.3) is 0 Å². The molecule has 0 bridgehead atoms. The fraction of sp³-hybridized carbons (Fsp3) is 0.579. The number of nitrogens with one attached hydrogen (secondary N) is 1. The number of hydrogen-bond donors (Lipinski definition) is 1. The van der Waals surface area contributed by atoms with Crippen molar-refractivity contribution in [3.63, 3.8) is 0 Å². The van der Waals surface area contributed by atoms with E-state index in [-0.39, 0.29) is 29.9 Å². The lowest BCUT2D eigenvalue weighted by molar-refractivity contribution is -0.120. The molecule has 1 heterocycles. The summed E-state index contributed by atoms with van der Waals surface area (Å²) >= 11 is 0. The number of carbonyl (C=O) groups is 2. The van der Waals surface area contributed by atoms with Crippen LogP contribution >= 0.6 is 0 Å². The van der Waals surface area contributed by atoms with Gasteiger partial charge in [0.15, 0.2) is 0 Å². The van der Waals surface area contributed by atoms with Crippen molar-refractivity contribution in [1.29, 1.82) is 0 Å². The molecule has 1 aromatic carbocycles. The van der Waals surface area contributed by atoms with Gasteiger partial charge in [0.25, 0.3) is 5.91 Å². The molecule has 5 nitrogen and oxygen atoms in total. The van der Waals surface area contributed by atoms with Crippen molar-refractivity contribution in [1.82, 2.24) is 4.90 Å². The van der Waals surface area contributed by atoms with E-state index in [9.17, 15) is 9.59 Å². The Hall–Kier alpha value is -1.88. The van der Waals surface area contributed by atoms with Gasteiger partial charge in [-0.3, -0.25) is 9.59 Å². The second kappa shape index (κ2) is 8.29. The summed E-state index contributed by atoms with van der Waals surface area (Å²) in [5.41, 5.74) is 1.36. The number of hydrogen-bond acceptors (Lipinski definition) is 3. The maximum atomic E-state index is 12.6. The van der Waals surface area contributed by atoms with Crippen molar-refractivity contribution in [3.05, 3.63) is 29.8 Å². The zero-order chi connectivity index (χ0) is 17.7. The third-order valence-corrected chi connectivity index (χ3v) is 4.46. The van der Waals surface area contributed by atoms with Gasteiger partial charge in [-0.2, -0.15) is 0 Å². The van der Waals surface area contributed by atoms with Crippen molar-refractivity contribution in [2.75, 3.05) is 18.4 Å². The zero-order valence-electron chi connectivity index (χ0n) is 15.0. The highest BCUT2D eigenvalue weighted by Crippen LogP contribution is 2.17. The Morgan fingerprint density at radius 3 is 2.17 bits per heavy atom. The fourth-order valence-electron chi connectivity index (χ4n) is 3.13. The molecule has 2 unspecified atom stereocenters. The summed E-state index contributed by atoms with van der Waals surface area (Å²) in [5.74, 6) is 0.0763. The Balaban J connectivity index is 2.01. The third-order valence-electron chi connectivity index (χ3n) is 4.46. The Bertz CT molecular complexity index is 556. The molecule has 0 aliphatic carbocycles. The second-order valence-corrected chi connectivity index (χ2v) is 6.55. The van der Waals surface area contributed by atoms with Gasteiger partial charge in [-0.05, 0) is 51.0 Å². The van der Waals surface area contributed by atoms with Crippen LogP contribution in [-0.2, 0) is 9.53 Å². The lowest BCUT2D eigenvalue weighted by Crippen LogP contribution is -2.48. The highest BCUT2D eigenvalue weighted by Gasteiger charge is 2.26. The summed E-state index contributed by atoms with van der Waals surface area (Å²) in [4.78, 5) is 26.6. The first kappa shape index (κ1) is 18.5. The highest BCUT2D eigenvalue weighted by molar-refractivity contribution is 5.96. The van der Waals surface area contributed by atoms with Crippen molar-refractivity contribution < 1.29 is 14.3 Å². The van der Waals surface area contributed by atoms with Gasteiger partial charge in [-0.25, -0.2) is 0 Å². The van der Waals surface area contributed by atoms with E-state index in [2.05, 4.69) is 5.32 Å². The van der Waals surface area contributed by atoms with Crippen molar-refractivity contribution in [2.45, 2.75) is 52.7 Å². The smallest absolute Gasteiger partial charge is 0.254 e. The lowest BCUT2D eigenvalue weighted by atomic mass is 10.0. The normalized spacial score (nSPS) is 21.0. The van der Waals surface area contributed by atoms with Crippen LogP contribution in [-0.4, -0.2) is 42.0 Å². The van der Waals surface area contributed by atoms with Gasteiger partial charge in [0, 0.05) is 30.3 Å². The molecule has 24 heavy (non-hydrogen) atoms. The highest BCUT2D eigenvalue weighted by atomic mass is 16.5. The molecule has 1 aromatic rings. The van der Waals surface area contributed by atoms with Crippen LogP contribution in [0.15, 0.2) is 24.3 Å². The van der Waals surface area contributed by atoms with Crippen LogP contribution in [0, 0.1) is 5.92 Å². The minimum Gasteiger partial charge on any atom is -0.372 e. The maximum Gasteiger partial charge on any atom is 0.254 e. The average molecular weight is 332 g/mol. The first-order valence-corrected chi connectivity index (χ1v) is 8.80. The fourth-order valence-corrected chi connectivity index (χ4v) is 3.13. The van der Waals surface area contributed by atoms with E-state index in [0.29, 0.717) is 18.7 Å². The van der Waals surface area contributed by atoms with Crippen LogP contribution in [0.2, 0.25) is 0 Å². The topological polar surface area (TPSA) is 58.6 Å². The molecule has 1 fully saturated rings. The van der Waals surface area contributed by atoms with Gasteiger partial charge in [0.2, 0.25) is 5.91 Å². The summed E-state index contributed by atoms with van der Waals surface area (Å²) < 4.78 is 5.67. The van der Waals surface area contributed by atoms with Gasteiger partial charge in [0.1, 0.15) is 0 Å². The summed E-state index contributed by atoms with van der Waals surface area (Å²) in [5, 5.41) is 2.92. The number of amides is 2. The molecule has 2 amide bonds. The molecule has 132 valence electrons. The monoisotopic (exact) mass is 332 g/mol. The minimum atomic E-state index is 0.00914. The number of morpholine rings is 1. The number of benzene rings is 1. The van der Waals surface area contributed by atoms with Crippen LogP contribution < -0.4 is 5.32 Å². The van der Waals surface area contributed by atoms with Gasteiger partial charge >= 0.3 is 0 Å². The first-order chi connectivity index (χ1) is 11.4. The summed E-state index contributed by atoms with van der Waals surface area (Å²) in [6.07, 6.45) is 1.76. The summed E-state index contributed by atoms with van der Waals surface area (Å²) in [7, 11) is 0. The molecule has 1 saturated heterocycles. The first-order valence-electron chi connectivity index (χ1n) is 8.80. The van der Waals surface area contributed by atoms with Crippen molar-refractivity contribution in [2.24, 2.45) is 5.92 Å². The van der Waals surface area contributed by atoms with E-state index in [4.69, 9.17) is 4.74 Å². The average Bonchev–Trinajstić information content (AvgIpc) is 2.55. The predicted octanol–water partition coefficient (Wildman–Crippen LogP) is 3.31. The van der Waals surface area contributed by atoms with Crippen LogP contribution in [0.3, 0.4) is 0 Å². The van der Waals surface area contributed by atoms with Crippen LogP contribution in [0.1, 0.15) is 50.9 Å². The van der Waals surface area contributed by atoms with E-state index in [0.717, 1.165) is 18.5 Å². The minimum absolute atomic E-state index is 0.00914. The molecular weight excluding hydrogens is 304 g/mol. The molecule has 0 saturated carbocycles. The SMILES string of the molecule is CCC(CC)C(=O)Nc1ccc(C(=O)N2CC(C)OC(C)C2)cc1. The van der Waals surface area contributed by atoms with E-state index >= 15 is 0 Å². The van der Waals surface area contributed by atoms with Gasteiger partial charge in [-0.15, -0.1) is 0 Å². The number of rotatable bonds is 5. The molecule has 0 spiro atoms. The number of nitrogens with zero attached hydrogens (tertiary/aromatic N) is 1. The molecule has 0 aromatic heterocycles. The molecule has 2 atom stereocenters. The van der Waals surface area contributed by atoms with E-state index in [1.54, 1.807) is 24.3 Å². The van der Waals surface area contributed by atoms with Gasteiger partial charge in [-0.1, -0.05) is 13.8 Å². The molecular formula is C19H28N2O3. The molecule has 0 radical (unpaired) electrons. The predicted molar refractivity (Wildman–Crippen MR) is 95.1 cm³/mol.